The van der Waals surface area contributed by atoms with Gasteiger partial charge in [0.15, 0.2) is 0 Å². The lowest BCUT2D eigenvalue weighted by Gasteiger charge is -2.19. The molecular formula is C20H17ClN2O4. The molecule has 3 rings (SSSR count). The van der Waals surface area contributed by atoms with Crippen molar-refractivity contribution in [3.63, 3.8) is 0 Å². The summed E-state index contributed by atoms with van der Waals surface area (Å²) in [6.45, 7) is 0.183. The fourth-order valence-electron chi connectivity index (χ4n) is 2.99. The fourth-order valence-corrected chi connectivity index (χ4v) is 3.16. The SMILES string of the molecule is COc1ccc(Cl)cc1N1C[C@H](C(=O)OCc2ccccc2C#N)CC1=O. The molecule has 0 radical (unpaired) electrons. The van der Waals surface area contributed by atoms with Gasteiger partial charge in [-0.3, -0.25) is 9.59 Å². The normalized spacial score (nSPS) is 16.1. The first-order valence-corrected chi connectivity index (χ1v) is 8.70. The van der Waals surface area contributed by atoms with Gasteiger partial charge in [0.1, 0.15) is 12.4 Å². The van der Waals surface area contributed by atoms with E-state index in [0.717, 1.165) is 0 Å². The van der Waals surface area contributed by atoms with E-state index < -0.39 is 11.9 Å². The predicted molar refractivity (Wildman–Crippen MR) is 99.4 cm³/mol. The van der Waals surface area contributed by atoms with E-state index in [9.17, 15) is 9.59 Å². The highest BCUT2D eigenvalue weighted by Crippen LogP contribution is 2.35. The highest BCUT2D eigenvalue weighted by Gasteiger charge is 2.37. The summed E-state index contributed by atoms with van der Waals surface area (Å²) < 4.78 is 10.6. The van der Waals surface area contributed by atoms with Gasteiger partial charge in [-0.15, -0.1) is 0 Å². The average molecular weight is 385 g/mol. The van der Waals surface area contributed by atoms with Crippen molar-refractivity contribution in [2.24, 2.45) is 5.92 Å². The van der Waals surface area contributed by atoms with Crippen molar-refractivity contribution in [3.8, 4) is 11.8 Å². The molecular weight excluding hydrogens is 368 g/mol. The van der Waals surface area contributed by atoms with Crippen LogP contribution >= 0.6 is 11.6 Å². The summed E-state index contributed by atoms with van der Waals surface area (Å²) in [6, 6.07) is 14.0. The van der Waals surface area contributed by atoms with Gasteiger partial charge in [-0.05, 0) is 24.3 Å². The molecule has 1 saturated heterocycles. The molecule has 2 aromatic rings. The van der Waals surface area contributed by atoms with Crippen LogP contribution in [0.2, 0.25) is 5.02 Å². The maximum absolute atomic E-state index is 12.4. The minimum absolute atomic E-state index is 0.00621. The maximum atomic E-state index is 12.4. The van der Waals surface area contributed by atoms with E-state index in [1.807, 2.05) is 0 Å². The molecule has 0 N–H and O–H groups in total. The van der Waals surface area contributed by atoms with E-state index in [-0.39, 0.29) is 25.5 Å². The summed E-state index contributed by atoms with van der Waals surface area (Å²) in [7, 11) is 1.51. The van der Waals surface area contributed by atoms with E-state index in [1.54, 1.807) is 42.5 Å². The quantitative estimate of drug-likeness (QED) is 0.739. The Hall–Kier alpha value is -3.04. The molecule has 1 atom stereocenters. The number of carbonyl (C=O) groups is 2. The lowest BCUT2D eigenvalue weighted by atomic mass is 10.1. The molecule has 0 unspecified atom stereocenters. The first-order chi connectivity index (χ1) is 13.0. The van der Waals surface area contributed by atoms with Gasteiger partial charge in [-0.25, -0.2) is 0 Å². The Labute approximate surface area is 161 Å². The predicted octanol–water partition coefficient (Wildman–Crippen LogP) is 3.32. The average Bonchev–Trinajstić information content (AvgIpc) is 3.07. The second-order valence-corrected chi connectivity index (χ2v) is 6.53. The first-order valence-electron chi connectivity index (χ1n) is 8.32. The molecule has 2 aromatic carbocycles. The van der Waals surface area contributed by atoms with Crippen molar-refractivity contribution in [2.75, 3.05) is 18.6 Å². The van der Waals surface area contributed by atoms with E-state index >= 15 is 0 Å². The number of anilines is 1. The third-order valence-electron chi connectivity index (χ3n) is 4.40. The van der Waals surface area contributed by atoms with Crippen LogP contribution in [0.3, 0.4) is 0 Å². The number of amides is 1. The number of esters is 1. The summed E-state index contributed by atoms with van der Waals surface area (Å²) >= 11 is 6.03. The van der Waals surface area contributed by atoms with E-state index in [2.05, 4.69) is 6.07 Å². The molecule has 1 amide bonds. The number of halogens is 1. The summed E-state index contributed by atoms with van der Waals surface area (Å²) in [6.07, 6.45) is 0.0500. The molecule has 27 heavy (non-hydrogen) atoms. The number of nitrogens with zero attached hydrogens (tertiary/aromatic N) is 2. The van der Waals surface area contributed by atoms with Gasteiger partial charge in [-0.2, -0.15) is 5.26 Å². The fraction of sp³-hybridized carbons (Fsp3) is 0.250. The van der Waals surface area contributed by atoms with Crippen molar-refractivity contribution >= 4 is 29.2 Å². The standard InChI is InChI=1S/C20H17ClN2O4/c1-26-18-7-6-16(21)9-17(18)23-11-15(8-19(23)24)20(25)27-12-14-5-3-2-4-13(14)10-22/h2-7,9,15H,8,11-12H2,1H3/t15-/m1/s1. The minimum Gasteiger partial charge on any atom is -0.495 e. The summed E-state index contributed by atoms with van der Waals surface area (Å²) in [5.41, 5.74) is 1.62. The number of methoxy groups -OCH3 is 1. The van der Waals surface area contributed by atoms with Crippen molar-refractivity contribution in [1.82, 2.24) is 0 Å². The number of hydrogen-bond acceptors (Lipinski definition) is 5. The maximum Gasteiger partial charge on any atom is 0.311 e. The monoisotopic (exact) mass is 384 g/mol. The van der Waals surface area contributed by atoms with Crippen molar-refractivity contribution in [2.45, 2.75) is 13.0 Å². The molecule has 0 bridgehead atoms. The first kappa shape index (κ1) is 18.7. The van der Waals surface area contributed by atoms with Crippen LogP contribution < -0.4 is 9.64 Å². The summed E-state index contributed by atoms with van der Waals surface area (Å²) in [4.78, 5) is 26.3. The van der Waals surface area contributed by atoms with Crippen LogP contribution in [0.5, 0.6) is 5.75 Å². The van der Waals surface area contributed by atoms with Gasteiger partial charge in [0.05, 0.1) is 30.3 Å². The number of ether oxygens (including phenoxy) is 2. The smallest absolute Gasteiger partial charge is 0.311 e. The third kappa shape index (κ3) is 4.04. The lowest BCUT2D eigenvalue weighted by molar-refractivity contribution is -0.149. The van der Waals surface area contributed by atoms with Crippen LogP contribution in [0.4, 0.5) is 5.69 Å². The second kappa shape index (κ2) is 8.11. The molecule has 138 valence electrons. The van der Waals surface area contributed by atoms with E-state index in [1.165, 1.54) is 12.0 Å². The molecule has 0 aromatic heterocycles. The highest BCUT2D eigenvalue weighted by molar-refractivity contribution is 6.31. The topological polar surface area (TPSA) is 79.6 Å². The van der Waals surface area contributed by atoms with Gasteiger partial charge < -0.3 is 14.4 Å². The number of rotatable bonds is 5. The molecule has 1 aliphatic heterocycles. The Morgan fingerprint density at radius 1 is 1.33 bits per heavy atom. The zero-order valence-electron chi connectivity index (χ0n) is 14.6. The molecule has 6 nitrogen and oxygen atoms in total. The summed E-state index contributed by atoms with van der Waals surface area (Å²) in [5, 5.41) is 9.57. The van der Waals surface area contributed by atoms with Crippen molar-refractivity contribution in [1.29, 1.82) is 5.26 Å². The molecule has 7 heteroatoms. The van der Waals surface area contributed by atoms with Crippen molar-refractivity contribution in [3.05, 3.63) is 58.6 Å². The Morgan fingerprint density at radius 2 is 2.11 bits per heavy atom. The van der Waals surface area contributed by atoms with Crippen LogP contribution in [0.1, 0.15) is 17.5 Å². The zero-order valence-corrected chi connectivity index (χ0v) is 15.4. The Kier molecular flexibility index (Phi) is 5.63. The Balaban J connectivity index is 1.69. The molecule has 0 spiro atoms. The van der Waals surface area contributed by atoms with E-state index in [4.69, 9.17) is 26.3 Å². The molecule has 1 aliphatic rings. The third-order valence-corrected chi connectivity index (χ3v) is 4.63. The Bertz CT molecular complexity index is 922. The minimum atomic E-state index is -0.588. The lowest BCUT2D eigenvalue weighted by Crippen LogP contribution is -2.26. The molecule has 1 fully saturated rings. The van der Waals surface area contributed by atoms with Crippen LogP contribution in [0, 0.1) is 17.2 Å². The van der Waals surface area contributed by atoms with E-state index in [0.29, 0.717) is 27.6 Å². The largest absolute Gasteiger partial charge is 0.495 e. The number of hydrogen-bond donors (Lipinski definition) is 0. The van der Waals surface area contributed by atoms with Gasteiger partial charge in [0.25, 0.3) is 0 Å². The number of benzene rings is 2. The van der Waals surface area contributed by atoms with Gasteiger partial charge in [0.2, 0.25) is 5.91 Å². The number of nitriles is 1. The van der Waals surface area contributed by atoms with Gasteiger partial charge in [0, 0.05) is 23.6 Å². The van der Waals surface area contributed by atoms with Crippen LogP contribution in [0.25, 0.3) is 0 Å². The van der Waals surface area contributed by atoms with Crippen LogP contribution in [-0.2, 0) is 20.9 Å². The molecule has 0 aliphatic carbocycles. The second-order valence-electron chi connectivity index (χ2n) is 6.10. The molecule has 0 saturated carbocycles. The van der Waals surface area contributed by atoms with Crippen LogP contribution in [0.15, 0.2) is 42.5 Å². The zero-order chi connectivity index (χ0) is 19.4. The van der Waals surface area contributed by atoms with Gasteiger partial charge >= 0.3 is 5.97 Å². The highest BCUT2D eigenvalue weighted by atomic mass is 35.5. The summed E-state index contributed by atoms with van der Waals surface area (Å²) in [5.74, 6) is -0.755. The van der Waals surface area contributed by atoms with Gasteiger partial charge in [-0.1, -0.05) is 29.8 Å². The van der Waals surface area contributed by atoms with Crippen molar-refractivity contribution < 1.29 is 19.1 Å². The van der Waals surface area contributed by atoms with Crippen LogP contribution in [-0.4, -0.2) is 25.5 Å². The Morgan fingerprint density at radius 3 is 2.85 bits per heavy atom. The number of carbonyl (C=O) groups excluding carboxylic acids is 2. The molecule has 1 heterocycles.